The maximum absolute atomic E-state index is 12.4. The zero-order valence-electron chi connectivity index (χ0n) is 16.3. The van der Waals surface area contributed by atoms with Crippen molar-refractivity contribution in [3.8, 4) is 6.07 Å². The van der Waals surface area contributed by atoms with E-state index in [0.29, 0.717) is 29.5 Å². The van der Waals surface area contributed by atoms with Crippen molar-refractivity contribution in [3.05, 3.63) is 65.5 Å². The zero-order chi connectivity index (χ0) is 19.8. The third-order valence-corrected chi connectivity index (χ3v) is 6.74. The Labute approximate surface area is 170 Å². The van der Waals surface area contributed by atoms with Crippen LogP contribution in [0.3, 0.4) is 0 Å². The fourth-order valence-corrected chi connectivity index (χ4v) is 5.49. The largest absolute Gasteiger partial charge is 0.370 e. The Morgan fingerprint density at radius 1 is 1.38 bits per heavy atom. The van der Waals surface area contributed by atoms with Crippen LogP contribution in [0.25, 0.3) is 0 Å². The molecule has 0 aliphatic carbocycles. The van der Waals surface area contributed by atoms with Gasteiger partial charge in [0.25, 0.3) is 5.91 Å². The van der Waals surface area contributed by atoms with Crippen LogP contribution in [0.15, 0.2) is 48.8 Å². The number of carbonyl (C=O) groups is 1. The first kappa shape index (κ1) is 18.3. The van der Waals surface area contributed by atoms with Gasteiger partial charge >= 0.3 is 0 Å². The number of pyridine rings is 1. The maximum Gasteiger partial charge on any atom is 0.252 e. The number of likely N-dealkylation sites (tertiary alicyclic amines) is 1. The van der Waals surface area contributed by atoms with Crippen LogP contribution >= 0.6 is 0 Å². The first-order valence-electron chi connectivity index (χ1n) is 10.2. The highest BCUT2D eigenvalue weighted by atomic mass is 16.5. The van der Waals surface area contributed by atoms with E-state index >= 15 is 0 Å². The van der Waals surface area contributed by atoms with E-state index in [-0.39, 0.29) is 17.6 Å². The lowest BCUT2D eigenvalue weighted by atomic mass is 9.73. The van der Waals surface area contributed by atoms with Crippen LogP contribution in [0.4, 0.5) is 0 Å². The second-order valence-electron chi connectivity index (χ2n) is 8.46. The summed E-state index contributed by atoms with van der Waals surface area (Å²) in [6.45, 7) is 3.37. The molecular formula is C23H24N4O2. The summed E-state index contributed by atoms with van der Waals surface area (Å²) in [5.41, 5.74) is 2.39. The first-order valence-corrected chi connectivity index (χ1v) is 10.2. The van der Waals surface area contributed by atoms with Crippen molar-refractivity contribution in [2.24, 2.45) is 11.8 Å². The van der Waals surface area contributed by atoms with Crippen molar-refractivity contribution in [2.75, 3.05) is 19.6 Å². The standard InChI is InChI=1S/C23H24N4O2/c24-10-16-3-1-4-17(9-16)13-27-14-20-19(21-6-7-23(20,15-27)29-21)12-26-22(28)18-5-2-8-25-11-18/h1-5,8-9,11,19-21H,6-7,12-15H2,(H,26,28)/t19-,20+,21+,23+/m0/s1. The molecule has 6 heteroatoms. The second kappa shape index (κ2) is 7.25. The van der Waals surface area contributed by atoms with E-state index in [1.807, 2.05) is 18.2 Å². The number of aromatic nitrogens is 1. The van der Waals surface area contributed by atoms with E-state index in [1.165, 1.54) is 0 Å². The van der Waals surface area contributed by atoms with Crippen LogP contribution in [0.5, 0.6) is 0 Å². The SMILES string of the molecule is N#Cc1cccc(CN2C[C@@H]3[C@H](CNC(=O)c4cccnc4)[C@H]4CC[C@]3(C2)O4)c1. The quantitative estimate of drug-likeness (QED) is 0.851. The fraction of sp³-hybridized carbons (Fsp3) is 0.435. The molecule has 4 atom stereocenters. The van der Waals surface area contributed by atoms with E-state index < -0.39 is 0 Å². The lowest BCUT2D eigenvalue weighted by Gasteiger charge is -2.29. The molecule has 3 fully saturated rings. The van der Waals surface area contributed by atoms with Crippen LogP contribution < -0.4 is 5.32 Å². The Morgan fingerprint density at radius 2 is 2.31 bits per heavy atom. The van der Waals surface area contributed by atoms with Gasteiger partial charge in [0.1, 0.15) is 0 Å². The van der Waals surface area contributed by atoms with E-state index in [0.717, 1.165) is 38.0 Å². The number of hydrogen-bond donors (Lipinski definition) is 1. The van der Waals surface area contributed by atoms with Crippen molar-refractivity contribution >= 4 is 5.91 Å². The maximum atomic E-state index is 12.4. The fourth-order valence-electron chi connectivity index (χ4n) is 5.49. The van der Waals surface area contributed by atoms with Gasteiger partial charge in [0.15, 0.2) is 0 Å². The molecule has 0 saturated carbocycles. The number of hydrogen-bond acceptors (Lipinski definition) is 5. The van der Waals surface area contributed by atoms with Gasteiger partial charge in [-0.1, -0.05) is 12.1 Å². The topological polar surface area (TPSA) is 78.3 Å². The molecule has 5 rings (SSSR count). The van der Waals surface area contributed by atoms with Crippen molar-refractivity contribution < 1.29 is 9.53 Å². The Morgan fingerprint density at radius 3 is 3.14 bits per heavy atom. The van der Waals surface area contributed by atoms with E-state index in [1.54, 1.807) is 24.5 Å². The summed E-state index contributed by atoms with van der Waals surface area (Å²) in [6, 6.07) is 13.6. The molecule has 6 nitrogen and oxygen atoms in total. The Bertz CT molecular complexity index is 957. The first-order chi connectivity index (χ1) is 14.2. The number of carbonyl (C=O) groups excluding carboxylic acids is 1. The molecule has 0 radical (unpaired) electrons. The summed E-state index contributed by atoms with van der Waals surface area (Å²) in [4.78, 5) is 18.9. The minimum absolute atomic E-state index is 0.0683. The monoisotopic (exact) mass is 388 g/mol. The smallest absolute Gasteiger partial charge is 0.252 e. The summed E-state index contributed by atoms with van der Waals surface area (Å²) in [5.74, 6) is 0.715. The zero-order valence-corrected chi connectivity index (χ0v) is 16.3. The number of nitrogens with one attached hydrogen (secondary N) is 1. The molecule has 1 aromatic heterocycles. The predicted octanol–water partition coefficient (Wildman–Crippen LogP) is 2.36. The average Bonchev–Trinajstić information content (AvgIpc) is 3.41. The van der Waals surface area contributed by atoms with Gasteiger partial charge in [0.2, 0.25) is 0 Å². The molecule has 3 aliphatic rings. The molecule has 0 unspecified atom stereocenters. The van der Waals surface area contributed by atoms with Crippen LogP contribution in [-0.2, 0) is 11.3 Å². The van der Waals surface area contributed by atoms with Crippen molar-refractivity contribution in [1.82, 2.24) is 15.2 Å². The van der Waals surface area contributed by atoms with E-state index in [4.69, 9.17) is 10.00 Å². The third-order valence-electron chi connectivity index (χ3n) is 6.74. The Hall–Kier alpha value is -2.75. The van der Waals surface area contributed by atoms with Crippen molar-refractivity contribution in [1.29, 1.82) is 5.26 Å². The summed E-state index contributed by atoms with van der Waals surface area (Å²) < 4.78 is 6.49. The average molecular weight is 388 g/mol. The van der Waals surface area contributed by atoms with Crippen LogP contribution in [0, 0.1) is 23.2 Å². The minimum atomic E-state index is -0.0712. The highest BCUT2D eigenvalue weighted by Crippen LogP contribution is 2.54. The molecule has 2 aromatic rings. The van der Waals surface area contributed by atoms with Gasteiger partial charge in [0.05, 0.1) is 28.9 Å². The molecule has 29 heavy (non-hydrogen) atoms. The van der Waals surface area contributed by atoms with Crippen molar-refractivity contribution in [2.45, 2.75) is 31.1 Å². The molecule has 148 valence electrons. The van der Waals surface area contributed by atoms with Gasteiger partial charge in [-0.15, -0.1) is 0 Å². The van der Waals surface area contributed by atoms with Gasteiger partial charge < -0.3 is 10.1 Å². The number of ether oxygens (including phenoxy) is 1. The normalized spacial score (nSPS) is 30.1. The summed E-state index contributed by atoms with van der Waals surface area (Å²) in [5, 5.41) is 12.2. The molecular weight excluding hydrogens is 364 g/mol. The molecule has 1 N–H and O–H groups in total. The number of nitrogens with zero attached hydrogens (tertiary/aromatic N) is 3. The van der Waals surface area contributed by atoms with Gasteiger partial charge in [-0.3, -0.25) is 14.7 Å². The third kappa shape index (κ3) is 3.31. The number of rotatable bonds is 5. The van der Waals surface area contributed by atoms with E-state index in [2.05, 4.69) is 27.3 Å². The summed E-state index contributed by atoms with van der Waals surface area (Å²) in [7, 11) is 0. The van der Waals surface area contributed by atoms with Crippen molar-refractivity contribution in [3.63, 3.8) is 0 Å². The summed E-state index contributed by atoms with van der Waals surface area (Å²) in [6.07, 6.45) is 5.69. The highest BCUT2D eigenvalue weighted by molar-refractivity contribution is 5.93. The number of fused-ring (bicyclic) bond motifs is 1. The van der Waals surface area contributed by atoms with Gasteiger partial charge in [-0.25, -0.2) is 0 Å². The van der Waals surface area contributed by atoms with Gasteiger partial charge in [-0.2, -0.15) is 5.26 Å². The molecule has 4 heterocycles. The molecule has 3 aliphatic heterocycles. The van der Waals surface area contributed by atoms with Crippen LogP contribution in [-0.4, -0.2) is 47.1 Å². The number of nitriles is 1. The second-order valence-corrected chi connectivity index (χ2v) is 8.46. The predicted molar refractivity (Wildman–Crippen MR) is 107 cm³/mol. The lowest BCUT2D eigenvalue weighted by Crippen LogP contribution is -2.41. The van der Waals surface area contributed by atoms with Gasteiger partial charge in [-0.05, 0) is 42.7 Å². The number of amides is 1. The highest BCUT2D eigenvalue weighted by Gasteiger charge is 2.62. The van der Waals surface area contributed by atoms with Gasteiger partial charge in [0, 0.05) is 50.4 Å². The Kier molecular flexibility index (Phi) is 4.57. The Balaban J connectivity index is 1.25. The minimum Gasteiger partial charge on any atom is -0.370 e. The molecule has 1 amide bonds. The van der Waals surface area contributed by atoms with E-state index in [9.17, 15) is 4.79 Å². The number of benzene rings is 1. The molecule has 2 bridgehead atoms. The molecule has 1 aromatic carbocycles. The van der Waals surface area contributed by atoms with Crippen LogP contribution in [0.1, 0.15) is 34.3 Å². The lowest BCUT2D eigenvalue weighted by molar-refractivity contribution is 0.00212. The molecule has 3 saturated heterocycles. The summed E-state index contributed by atoms with van der Waals surface area (Å²) >= 11 is 0. The van der Waals surface area contributed by atoms with Crippen LogP contribution in [0.2, 0.25) is 0 Å². The molecule has 1 spiro atoms.